The number of aryl methyl sites for hydroxylation is 1. The van der Waals surface area contributed by atoms with E-state index in [0.717, 1.165) is 22.5 Å². The number of aromatic nitrogens is 4. The van der Waals surface area contributed by atoms with Gasteiger partial charge >= 0.3 is 0 Å². The van der Waals surface area contributed by atoms with Gasteiger partial charge in [0.25, 0.3) is 5.56 Å². The van der Waals surface area contributed by atoms with Crippen LogP contribution in [0.2, 0.25) is 0 Å². The van der Waals surface area contributed by atoms with Gasteiger partial charge in [-0.05, 0) is 36.8 Å². The Morgan fingerprint density at radius 3 is 2.39 bits per heavy atom. The average molecular weight is 472 g/mol. The molecule has 2 heterocycles. The van der Waals surface area contributed by atoms with Crippen LogP contribution in [-0.2, 0) is 7.05 Å². The lowest BCUT2D eigenvalue weighted by atomic mass is 10.1. The van der Waals surface area contributed by atoms with Crippen molar-refractivity contribution in [2.75, 3.05) is 0 Å². The standard InChI is InChI=1S/C30H25N5O/c1-21(24-11-6-4-7-12-24)32-22(2)29-33-27-16-10-13-25(18-17-23-19-31-34(3)20-23)28(27)30(36)35(29)26-14-8-5-9-15-26/h4-16,19-20,22,32H,1H2,2-3H3/t22-/m1/s1. The summed E-state index contributed by atoms with van der Waals surface area (Å²) in [6.45, 7) is 6.17. The second kappa shape index (κ2) is 9.77. The Bertz CT molecular complexity index is 1670. The highest BCUT2D eigenvalue weighted by Crippen LogP contribution is 2.22. The summed E-state index contributed by atoms with van der Waals surface area (Å²) in [6.07, 6.45) is 3.54. The van der Waals surface area contributed by atoms with Crippen molar-refractivity contribution in [2.45, 2.75) is 13.0 Å². The SMILES string of the molecule is C=C(N[C@H](C)c1nc2cccc(C#Cc3cnn(C)c3)c2c(=O)n1-c1ccccc1)c1ccccc1. The van der Waals surface area contributed by atoms with E-state index in [1.54, 1.807) is 15.4 Å². The van der Waals surface area contributed by atoms with Crippen LogP contribution in [-0.4, -0.2) is 19.3 Å². The zero-order chi connectivity index (χ0) is 25.1. The molecule has 6 heteroatoms. The van der Waals surface area contributed by atoms with Crippen molar-refractivity contribution < 1.29 is 0 Å². The molecule has 2 aromatic heterocycles. The van der Waals surface area contributed by atoms with Gasteiger partial charge in [0, 0.05) is 24.5 Å². The van der Waals surface area contributed by atoms with E-state index in [1.165, 1.54) is 0 Å². The summed E-state index contributed by atoms with van der Waals surface area (Å²) in [5.74, 6) is 6.85. The molecule has 1 N–H and O–H groups in total. The van der Waals surface area contributed by atoms with Crippen LogP contribution in [0.25, 0.3) is 22.3 Å². The molecule has 0 bridgehead atoms. The number of para-hydroxylation sites is 1. The number of nitrogens with zero attached hydrogens (tertiary/aromatic N) is 4. The second-order valence-corrected chi connectivity index (χ2v) is 8.51. The average Bonchev–Trinajstić information content (AvgIpc) is 3.33. The van der Waals surface area contributed by atoms with Crippen molar-refractivity contribution in [1.29, 1.82) is 0 Å². The summed E-state index contributed by atoms with van der Waals surface area (Å²) in [7, 11) is 1.84. The maximum Gasteiger partial charge on any atom is 0.267 e. The molecule has 0 saturated heterocycles. The molecule has 0 fully saturated rings. The van der Waals surface area contributed by atoms with E-state index in [-0.39, 0.29) is 11.6 Å². The molecule has 0 amide bonds. The highest BCUT2D eigenvalue weighted by molar-refractivity contribution is 5.85. The quantitative estimate of drug-likeness (QED) is 0.373. The summed E-state index contributed by atoms with van der Waals surface area (Å²) >= 11 is 0. The van der Waals surface area contributed by atoms with Crippen molar-refractivity contribution in [1.82, 2.24) is 24.6 Å². The van der Waals surface area contributed by atoms with Crippen LogP contribution in [0.1, 0.15) is 35.5 Å². The van der Waals surface area contributed by atoms with Gasteiger partial charge in [-0.15, -0.1) is 0 Å². The van der Waals surface area contributed by atoms with Gasteiger partial charge in [0.1, 0.15) is 5.82 Å². The molecule has 3 aromatic carbocycles. The molecule has 0 radical (unpaired) electrons. The lowest BCUT2D eigenvalue weighted by molar-refractivity contribution is 0.624. The third kappa shape index (κ3) is 4.55. The van der Waals surface area contributed by atoms with E-state index in [4.69, 9.17) is 4.98 Å². The third-order valence-corrected chi connectivity index (χ3v) is 5.88. The lowest BCUT2D eigenvalue weighted by Crippen LogP contribution is -2.30. The van der Waals surface area contributed by atoms with Gasteiger partial charge in [0.2, 0.25) is 0 Å². The molecule has 6 nitrogen and oxygen atoms in total. The topological polar surface area (TPSA) is 64.7 Å². The molecule has 0 saturated carbocycles. The highest BCUT2D eigenvalue weighted by atomic mass is 16.1. The molecule has 0 unspecified atom stereocenters. The first-order valence-corrected chi connectivity index (χ1v) is 11.6. The third-order valence-electron chi connectivity index (χ3n) is 5.88. The maximum atomic E-state index is 14.0. The Kier molecular flexibility index (Phi) is 6.21. The van der Waals surface area contributed by atoms with Crippen LogP contribution >= 0.6 is 0 Å². The number of rotatable bonds is 5. The second-order valence-electron chi connectivity index (χ2n) is 8.51. The van der Waals surface area contributed by atoms with Gasteiger partial charge in [-0.25, -0.2) is 4.98 Å². The minimum Gasteiger partial charge on any atom is -0.375 e. The summed E-state index contributed by atoms with van der Waals surface area (Å²) < 4.78 is 3.36. The summed E-state index contributed by atoms with van der Waals surface area (Å²) in [5.41, 5.74) is 4.30. The predicted octanol–water partition coefficient (Wildman–Crippen LogP) is 4.84. The molecule has 0 spiro atoms. The van der Waals surface area contributed by atoms with Crippen LogP contribution in [0.5, 0.6) is 0 Å². The first-order valence-electron chi connectivity index (χ1n) is 11.6. The fourth-order valence-corrected chi connectivity index (χ4v) is 4.14. The monoisotopic (exact) mass is 471 g/mol. The number of benzene rings is 3. The van der Waals surface area contributed by atoms with Crippen molar-refractivity contribution >= 4 is 16.6 Å². The van der Waals surface area contributed by atoms with Gasteiger partial charge in [0.05, 0.1) is 34.4 Å². The van der Waals surface area contributed by atoms with Crippen molar-refractivity contribution in [3.05, 3.63) is 131 Å². The number of hydrogen-bond acceptors (Lipinski definition) is 4. The van der Waals surface area contributed by atoms with Gasteiger partial charge in [-0.2, -0.15) is 5.10 Å². The van der Waals surface area contributed by atoms with Crippen LogP contribution < -0.4 is 10.9 Å². The zero-order valence-electron chi connectivity index (χ0n) is 20.1. The smallest absolute Gasteiger partial charge is 0.267 e. The van der Waals surface area contributed by atoms with Crippen molar-refractivity contribution in [2.24, 2.45) is 7.05 Å². The van der Waals surface area contributed by atoms with Crippen LogP contribution in [0, 0.1) is 11.8 Å². The lowest BCUT2D eigenvalue weighted by Gasteiger charge is -2.22. The molecule has 5 rings (SSSR count). The van der Waals surface area contributed by atoms with E-state index in [2.05, 4.69) is 28.8 Å². The normalized spacial score (nSPS) is 11.5. The van der Waals surface area contributed by atoms with Crippen LogP contribution in [0.4, 0.5) is 0 Å². The molecular weight excluding hydrogens is 446 g/mol. The maximum absolute atomic E-state index is 14.0. The minimum absolute atomic E-state index is 0.170. The van der Waals surface area contributed by atoms with Gasteiger partial charge in [0.15, 0.2) is 0 Å². The van der Waals surface area contributed by atoms with Gasteiger partial charge in [-0.3, -0.25) is 14.0 Å². The molecule has 36 heavy (non-hydrogen) atoms. The van der Waals surface area contributed by atoms with E-state index >= 15 is 0 Å². The van der Waals surface area contributed by atoms with E-state index < -0.39 is 0 Å². The summed E-state index contributed by atoms with van der Waals surface area (Å²) in [5, 5.41) is 8.07. The van der Waals surface area contributed by atoms with E-state index in [0.29, 0.717) is 22.3 Å². The Morgan fingerprint density at radius 2 is 1.69 bits per heavy atom. The molecule has 0 aliphatic heterocycles. The van der Waals surface area contributed by atoms with Crippen molar-refractivity contribution in [3.63, 3.8) is 0 Å². The highest BCUT2D eigenvalue weighted by Gasteiger charge is 2.20. The van der Waals surface area contributed by atoms with E-state index in [1.807, 2.05) is 99.0 Å². The molecule has 5 aromatic rings. The molecule has 1 atom stereocenters. The number of fused-ring (bicyclic) bond motifs is 1. The van der Waals surface area contributed by atoms with Gasteiger partial charge in [-0.1, -0.05) is 73.0 Å². The summed E-state index contributed by atoms with van der Waals surface area (Å²) in [6, 6.07) is 24.7. The van der Waals surface area contributed by atoms with Gasteiger partial charge < -0.3 is 5.32 Å². The Hall–Kier alpha value is -4.89. The fraction of sp³-hybridized carbons (Fsp3) is 0.100. The Balaban J connectivity index is 1.66. The Morgan fingerprint density at radius 1 is 0.972 bits per heavy atom. The predicted molar refractivity (Wildman–Crippen MR) is 144 cm³/mol. The molecule has 176 valence electrons. The number of hydrogen-bond donors (Lipinski definition) is 1. The Labute approximate surface area is 209 Å². The largest absolute Gasteiger partial charge is 0.375 e. The number of nitrogens with one attached hydrogen (secondary N) is 1. The molecule has 0 aliphatic carbocycles. The first kappa shape index (κ1) is 22.9. The molecular formula is C30H25N5O. The minimum atomic E-state index is -0.292. The first-order chi connectivity index (χ1) is 17.5. The van der Waals surface area contributed by atoms with Crippen LogP contribution in [0.15, 0.2) is 103 Å². The van der Waals surface area contributed by atoms with Crippen molar-refractivity contribution in [3.8, 4) is 17.5 Å². The van der Waals surface area contributed by atoms with E-state index in [9.17, 15) is 4.79 Å². The fourth-order valence-electron chi connectivity index (χ4n) is 4.14. The molecule has 0 aliphatic rings. The summed E-state index contributed by atoms with van der Waals surface area (Å²) in [4.78, 5) is 19.0. The van der Waals surface area contributed by atoms with Crippen LogP contribution in [0.3, 0.4) is 0 Å². The zero-order valence-corrected chi connectivity index (χ0v) is 20.1.